The van der Waals surface area contributed by atoms with E-state index in [1.54, 1.807) is 13.4 Å². The van der Waals surface area contributed by atoms with Gasteiger partial charge in [0.25, 0.3) is 0 Å². The van der Waals surface area contributed by atoms with Crippen LogP contribution in [0.5, 0.6) is 5.88 Å². The van der Waals surface area contributed by atoms with Gasteiger partial charge in [0, 0.05) is 25.0 Å². The molecule has 32 heavy (non-hydrogen) atoms. The zero-order valence-electron chi connectivity index (χ0n) is 18.4. The molecular weight excluding hydrogens is 402 g/mol. The number of hydrazone groups is 1. The fraction of sp³-hybridized carbons (Fsp3) is 0.250. The number of para-hydroxylation sites is 1. The van der Waals surface area contributed by atoms with Gasteiger partial charge in [-0.2, -0.15) is 5.10 Å². The molecule has 0 N–H and O–H groups in total. The number of benzene rings is 1. The Labute approximate surface area is 188 Å². The van der Waals surface area contributed by atoms with Gasteiger partial charge in [0.1, 0.15) is 12.4 Å². The van der Waals surface area contributed by atoms with Crippen molar-refractivity contribution in [2.45, 2.75) is 13.3 Å². The molecule has 2 aromatic heterocycles. The fourth-order valence-corrected chi connectivity index (χ4v) is 3.58. The summed E-state index contributed by atoms with van der Waals surface area (Å²) in [6, 6.07) is 14.2. The maximum Gasteiger partial charge on any atom is 0.238 e. The summed E-state index contributed by atoms with van der Waals surface area (Å²) >= 11 is 0. The van der Waals surface area contributed by atoms with E-state index in [1.165, 1.54) is 5.69 Å². The highest BCUT2D eigenvalue weighted by molar-refractivity contribution is 5.98. The molecule has 1 aromatic carbocycles. The van der Waals surface area contributed by atoms with Crippen molar-refractivity contribution < 1.29 is 4.74 Å². The quantitative estimate of drug-likeness (QED) is 0.441. The molecule has 164 valence electrons. The van der Waals surface area contributed by atoms with Crippen LogP contribution in [0.3, 0.4) is 0 Å². The van der Waals surface area contributed by atoms with Crippen LogP contribution in [0, 0.1) is 6.92 Å². The second kappa shape index (κ2) is 9.91. The van der Waals surface area contributed by atoms with Crippen molar-refractivity contribution >= 4 is 24.3 Å². The highest BCUT2D eigenvalue weighted by atomic mass is 16.5. The van der Waals surface area contributed by atoms with E-state index in [0.29, 0.717) is 18.4 Å². The van der Waals surface area contributed by atoms with Crippen LogP contribution in [-0.4, -0.2) is 59.0 Å². The van der Waals surface area contributed by atoms with Gasteiger partial charge in [-0.05, 0) is 56.5 Å². The first kappa shape index (κ1) is 21.3. The predicted octanol–water partition coefficient (Wildman–Crippen LogP) is 3.78. The van der Waals surface area contributed by atoms with Gasteiger partial charge in [-0.1, -0.05) is 18.2 Å². The van der Waals surface area contributed by atoms with Crippen molar-refractivity contribution in [3.8, 4) is 11.6 Å². The summed E-state index contributed by atoms with van der Waals surface area (Å²) in [5.74, 6) is 1.05. The van der Waals surface area contributed by atoms with Crippen LogP contribution in [0.2, 0.25) is 0 Å². The third-order valence-electron chi connectivity index (χ3n) is 5.15. The number of imidazole rings is 1. The maximum absolute atomic E-state index is 5.48. The van der Waals surface area contributed by atoms with Crippen LogP contribution < -0.4 is 9.64 Å². The highest BCUT2D eigenvalue weighted by Gasteiger charge is 2.16. The van der Waals surface area contributed by atoms with Crippen LogP contribution in [0.1, 0.15) is 17.8 Å². The van der Waals surface area contributed by atoms with E-state index < -0.39 is 0 Å². The fourth-order valence-electron chi connectivity index (χ4n) is 3.58. The number of pyridine rings is 1. The molecule has 1 fully saturated rings. The van der Waals surface area contributed by atoms with Gasteiger partial charge >= 0.3 is 0 Å². The number of aromatic nitrogens is 3. The number of hydrogen-bond acceptors (Lipinski definition) is 6. The molecule has 0 aliphatic carbocycles. The maximum atomic E-state index is 5.48. The van der Waals surface area contributed by atoms with Crippen LogP contribution in [0.4, 0.5) is 5.69 Å². The Morgan fingerprint density at radius 3 is 2.72 bits per heavy atom. The first-order chi connectivity index (χ1) is 15.7. The molecule has 1 aliphatic rings. The van der Waals surface area contributed by atoms with Crippen molar-refractivity contribution in [1.29, 1.82) is 0 Å². The van der Waals surface area contributed by atoms with E-state index >= 15 is 0 Å². The number of anilines is 1. The van der Waals surface area contributed by atoms with E-state index in [2.05, 4.69) is 55.9 Å². The largest absolute Gasteiger partial charge is 0.479 e. The van der Waals surface area contributed by atoms with E-state index in [1.807, 2.05) is 53.0 Å². The standard InChI is InChI=1S/C24H27N7O/c1-19-16-30(17-26-19)22-12-10-20(27-24(22)32-3)11-13-23(25-2)28-31-15-7-14-29(18-31)21-8-5-4-6-9-21/h4-6,8-13,16-17H,2,7,14-15,18H2,1,3H3/b13-11+,28-23-. The van der Waals surface area contributed by atoms with Crippen LogP contribution >= 0.6 is 0 Å². The predicted molar refractivity (Wildman–Crippen MR) is 129 cm³/mol. The minimum Gasteiger partial charge on any atom is -0.479 e. The molecule has 4 rings (SSSR count). The van der Waals surface area contributed by atoms with Crippen molar-refractivity contribution in [3.63, 3.8) is 0 Å². The molecule has 0 unspecified atom stereocenters. The molecule has 1 saturated heterocycles. The Morgan fingerprint density at radius 2 is 2.00 bits per heavy atom. The molecule has 0 radical (unpaired) electrons. The van der Waals surface area contributed by atoms with Gasteiger partial charge in [-0.25, -0.2) is 15.0 Å². The zero-order valence-corrected chi connectivity index (χ0v) is 18.4. The average Bonchev–Trinajstić information content (AvgIpc) is 3.28. The summed E-state index contributed by atoms with van der Waals surface area (Å²) in [6.45, 7) is 8.22. The van der Waals surface area contributed by atoms with E-state index in [9.17, 15) is 0 Å². The van der Waals surface area contributed by atoms with E-state index in [4.69, 9.17) is 4.74 Å². The second-order valence-corrected chi connectivity index (χ2v) is 7.46. The highest BCUT2D eigenvalue weighted by Crippen LogP contribution is 2.22. The molecule has 0 bridgehead atoms. The molecule has 8 nitrogen and oxygen atoms in total. The number of aryl methyl sites for hydroxylation is 1. The number of aliphatic imine (C=N–C) groups is 1. The van der Waals surface area contributed by atoms with Crippen molar-refractivity contribution in [2.24, 2.45) is 10.1 Å². The molecule has 0 amide bonds. The molecule has 3 heterocycles. The summed E-state index contributed by atoms with van der Waals surface area (Å²) in [6.07, 6.45) is 8.38. The van der Waals surface area contributed by atoms with Crippen molar-refractivity contribution in [1.82, 2.24) is 19.5 Å². The van der Waals surface area contributed by atoms with Gasteiger partial charge in [0.2, 0.25) is 5.88 Å². The van der Waals surface area contributed by atoms with Gasteiger partial charge in [0.05, 0.1) is 24.8 Å². The number of ether oxygens (including phenoxy) is 1. The number of nitrogens with zero attached hydrogens (tertiary/aromatic N) is 7. The molecule has 3 aromatic rings. The first-order valence-electron chi connectivity index (χ1n) is 10.5. The van der Waals surface area contributed by atoms with Gasteiger partial charge in [-0.15, -0.1) is 0 Å². The Bertz CT molecular complexity index is 1120. The summed E-state index contributed by atoms with van der Waals surface area (Å²) in [7, 11) is 1.61. The van der Waals surface area contributed by atoms with Gasteiger partial charge in [-0.3, -0.25) is 5.01 Å². The number of methoxy groups -OCH3 is 1. The normalized spacial score (nSPS) is 14.8. The molecule has 0 spiro atoms. The minimum absolute atomic E-state index is 0.518. The van der Waals surface area contributed by atoms with Gasteiger partial charge < -0.3 is 14.2 Å². The Kier molecular flexibility index (Phi) is 6.60. The Balaban J connectivity index is 1.48. The third kappa shape index (κ3) is 5.03. The third-order valence-corrected chi connectivity index (χ3v) is 5.15. The lowest BCUT2D eigenvalue weighted by Gasteiger charge is -2.35. The molecule has 0 atom stereocenters. The number of amidine groups is 1. The lowest BCUT2D eigenvalue weighted by Crippen LogP contribution is -2.42. The molecular formula is C24H27N7O. The summed E-state index contributed by atoms with van der Waals surface area (Å²) in [4.78, 5) is 15.2. The smallest absolute Gasteiger partial charge is 0.238 e. The Hall–Kier alpha value is -3.94. The Morgan fingerprint density at radius 1 is 1.16 bits per heavy atom. The SMILES string of the molecule is C=NC(/C=C/c1ccc(-n2cnc(C)c2)c(OC)n1)=N\N1CCCN(c2ccccc2)C1. The lowest BCUT2D eigenvalue weighted by molar-refractivity contribution is 0.252. The van der Waals surface area contributed by atoms with Crippen LogP contribution in [-0.2, 0) is 0 Å². The second-order valence-electron chi connectivity index (χ2n) is 7.46. The topological polar surface area (TPSA) is 71.1 Å². The zero-order chi connectivity index (χ0) is 22.3. The minimum atomic E-state index is 0.518. The van der Waals surface area contributed by atoms with Crippen LogP contribution in [0.25, 0.3) is 11.8 Å². The monoisotopic (exact) mass is 429 g/mol. The lowest BCUT2D eigenvalue weighted by atomic mass is 10.2. The summed E-state index contributed by atoms with van der Waals surface area (Å²) in [5.41, 5.74) is 3.69. The summed E-state index contributed by atoms with van der Waals surface area (Å²) < 4.78 is 7.38. The molecule has 8 heteroatoms. The van der Waals surface area contributed by atoms with E-state index in [0.717, 1.165) is 36.6 Å². The molecule has 1 aliphatic heterocycles. The number of rotatable bonds is 6. The van der Waals surface area contributed by atoms with E-state index in [-0.39, 0.29) is 0 Å². The van der Waals surface area contributed by atoms with Crippen molar-refractivity contribution in [3.05, 3.63) is 72.5 Å². The van der Waals surface area contributed by atoms with Crippen LogP contribution in [0.15, 0.2) is 71.2 Å². The first-order valence-corrected chi connectivity index (χ1v) is 10.5. The van der Waals surface area contributed by atoms with Gasteiger partial charge in [0.15, 0.2) is 5.84 Å². The van der Waals surface area contributed by atoms with Crippen molar-refractivity contribution in [2.75, 3.05) is 31.8 Å². The summed E-state index contributed by atoms with van der Waals surface area (Å²) in [5, 5.41) is 6.69. The number of hydrogen-bond donors (Lipinski definition) is 0. The molecule has 0 saturated carbocycles. The average molecular weight is 430 g/mol.